The lowest BCUT2D eigenvalue weighted by atomic mass is 10.1. The van der Waals surface area contributed by atoms with Crippen molar-refractivity contribution in [1.82, 2.24) is 0 Å². The van der Waals surface area contributed by atoms with Crippen LogP contribution in [0.2, 0.25) is 0 Å². The minimum Gasteiger partial charge on any atom is -0.0885 e. The molecule has 0 radical (unpaired) electrons. The summed E-state index contributed by atoms with van der Waals surface area (Å²) in [6.07, 6.45) is 24.5. The van der Waals surface area contributed by atoms with Crippen LogP contribution in [0.1, 0.15) is 70.6 Å². The normalized spacial score (nSPS) is 26.1. The van der Waals surface area contributed by atoms with Gasteiger partial charge in [-0.15, -0.1) is 0 Å². The van der Waals surface area contributed by atoms with E-state index in [1.165, 1.54) is 70.6 Å². The van der Waals surface area contributed by atoms with Crippen LogP contribution in [-0.2, 0) is 0 Å². The lowest BCUT2D eigenvalue weighted by Gasteiger charge is -1.96. The molecule has 0 aromatic heterocycles. The molecule has 0 aromatic carbocycles. The Morgan fingerprint density at radius 1 is 0.333 bits per heavy atom. The van der Waals surface area contributed by atoms with Crippen LogP contribution in [0.3, 0.4) is 0 Å². The summed E-state index contributed by atoms with van der Waals surface area (Å²) in [5.41, 5.74) is 0. The molecule has 0 aliphatic heterocycles. The molecule has 0 nitrogen and oxygen atoms in total. The van der Waals surface area contributed by atoms with E-state index in [-0.39, 0.29) is 0 Å². The number of hydrogen-bond donors (Lipinski definition) is 0. The van der Waals surface area contributed by atoms with E-state index >= 15 is 0 Å². The second-order valence-electron chi connectivity index (χ2n) is 4.57. The molecule has 15 heavy (non-hydrogen) atoms. The summed E-state index contributed by atoms with van der Waals surface area (Å²) >= 11 is 0. The van der Waals surface area contributed by atoms with Crippen molar-refractivity contribution in [3.63, 3.8) is 0 Å². The third-order valence-corrected chi connectivity index (χ3v) is 3.07. The second-order valence-corrected chi connectivity index (χ2v) is 4.57. The van der Waals surface area contributed by atoms with E-state index in [1.807, 2.05) is 0 Å². The van der Waals surface area contributed by atoms with Crippen molar-refractivity contribution in [3.8, 4) is 0 Å². The summed E-state index contributed by atoms with van der Waals surface area (Å²) in [5.74, 6) is 0. The van der Waals surface area contributed by atoms with E-state index in [9.17, 15) is 0 Å². The van der Waals surface area contributed by atoms with Gasteiger partial charge in [-0.3, -0.25) is 0 Å². The first-order chi connectivity index (χ1) is 7.50. The van der Waals surface area contributed by atoms with Gasteiger partial charge < -0.3 is 0 Å². The molecule has 0 amide bonds. The molecule has 0 heteroatoms. The molecule has 0 fully saturated rings. The lowest BCUT2D eigenvalue weighted by molar-refractivity contribution is 0.651. The molecule has 0 atom stereocenters. The molecule has 0 unspecified atom stereocenters. The molecule has 1 aliphatic rings. The van der Waals surface area contributed by atoms with Crippen molar-refractivity contribution in [1.29, 1.82) is 0 Å². The Labute approximate surface area is 95.5 Å². The highest BCUT2D eigenvalue weighted by atomic mass is 14.0. The van der Waals surface area contributed by atoms with E-state index in [1.54, 1.807) is 0 Å². The van der Waals surface area contributed by atoms with Gasteiger partial charge in [0, 0.05) is 0 Å². The van der Waals surface area contributed by atoms with E-state index in [0.29, 0.717) is 0 Å². The molecule has 1 aliphatic carbocycles. The van der Waals surface area contributed by atoms with Crippen molar-refractivity contribution in [3.05, 3.63) is 24.3 Å². The summed E-state index contributed by atoms with van der Waals surface area (Å²) in [7, 11) is 0. The molecule has 0 heterocycles. The highest BCUT2D eigenvalue weighted by Crippen LogP contribution is 2.10. The minimum atomic E-state index is 1.30. The Hall–Kier alpha value is -0.520. The zero-order chi connectivity index (χ0) is 10.6. The summed E-state index contributed by atoms with van der Waals surface area (Å²) in [6, 6.07) is 0. The molecular weight excluding hydrogens is 180 g/mol. The van der Waals surface area contributed by atoms with E-state index in [0.717, 1.165) is 0 Å². The monoisotopic (exact) mass is 206 g/mol. The van der Waals surface area contributed by atoms with Crippen molar-refractivity contribution < 1.29 is 0 Å². The number of allylic oxidation sites excluding steroid dienone is 4. The van der Waals surface area contributed by atoms with E-state index in [4.69, 9.17) is 0 Å². The fourth-order valence-electron chi connectivity index (χ4n) is 2.05. The van der Waals surface area contributed by atoms with Gasteiger partial charge in [0.05, 0.1) is 0 Å². The summed E-state index contributed by atoms with van der Waals surface area (Å²) in [5, 5.41) is 0. The first-order valence-electron chi connectivity index (χ1n) is 6.80. The molecule has 0 saturated heterocycles. The highest BCUT2D eigenvalue weighted by Gasteiger charge is 1.90. The van der Waals surface area contributed by atoms with Crippen LogP contribution in [0.15, 0.2) is 24.3 Å². The summed E-state index contributed by atoms with van der Waals surface area (Å²) < 4.78 is 0. The van der Waals surface area contributed by atoms with Gasteiger partial charge in [0.15, 0.2) is 0 Å². The van der Waals surface area contributed by atoms with Crippen molar-refractivity contribution in [2.24, 2.45) is 0 Å². The quantitative estimate of drug-likeness (QED) is 0.465. The van der Waals surface area contributed by atoms with Gasteiger partial charge >= 0.3 is 0 Å². The molecule has 0 saturated carbocycles. The first-order valence-corrected chi connectivity index (χ1v) is 6.80. The summed E-state index contributed by atoms with van der Waals surface area (Å²) in [4.78, 5) is 0. The Kier molecular flexibility index (Phi) is 8.38. The van der Waals surface area contributed by atoms with Gasteiger partial charge in [-0.05, 0) is 51.4 Å². The Balaban J connectivity index is 2.15. The van der Waals surface area contributed by atoms with Crippen LogP contribution in [0, 0.1) is 0 Å². The van der Waals surface area contributed by atoms with Crippen molar-refractivity contribution in [2.45, 2.75) is 70.6 Å². The maximum Gasteiger partial charge on any atom is -0.0351 e. The van der Waals surface area contributed by atoms with Crippen molar-refractivity contribution in [2.75, 3.05) is 0 Å². The number of rotatable bonds is 0. The molecular formula is C15H26. The summed E-state index contributed by atoms with van der Waals surface area (Å²) in [6.45, 7) is 0. The number of hydrogen-bond acceptors (Lipinski definition) is 0. The highest BCUT2D eigenvalue weighted by molar-refractivity contribution is 4.83. The third kappa shape index (κ3) is 8.47. The van der Waals surface area contributed by atoms with Crippen LogP contribution in [0.25, 0.3) is 0 Å². The first kappa shape index (κ1) is 12.5. The second kappa shape index (κ2) is 10.0. The standard InChI is InChI=1S/C15H26/c1-2-4-6-8-10-12-14-15-13-11-9-7-5-3-1/h1-2,13,15H,3-12,14H2/b2-1-,15-13-. The van der Waals surface area contributed by atoms with Crippen molar-refractivity contribution >= 4 is 0 Å². The molecule has 0 bridgehead atoms. The fraction of sp³-hybridized carbons (Fsp3) is 0.733. The SMILES string of the molecule is C1=C\CCCCCC/C=C\CCCCC/1. The maximum atomic E-state index is 2.39. The molecule has 1 rings (SSSR count). The molecule has 0 spiro atoms. The van der Waals surface area contributed by atoms with Gasteiger partial charge in [0.25, 0.3) is 0 Å². The largest absolute Gasteiger partial charge is 0.0885 e. The van der Waals surface area contributed by atoms with Gasteiger partial charge in [0.1, 0.15) is 0 Å². The zero-order valence-corrected chi connectivity index (χ0v) is 10.1. The fourth-order valence-corrected chi connectivity index (χ4v) is 2.05. The van der Waals surface area contributed by atoms with Gasteiger partial charge in [-0.2, -0.15) is 0 Å². The van der Waals surface area contributed by atoms with E-state index < -0.39 is 0 Å². The smallest absolute Gasteiger partial charge is 0.0351 e. The van der Waals surface area contributed by atoms with Crippen LogP contribution in [0.5, 0.6) is 0 Å². The maximum absolute atomic E-state index is 2.39. The van der Waals surface area contributed by atoms with Crippen LogP contribution in [0.4, 0.5) is 0 Å². The zero-order valence-electron chi connectivity index (χ0n) is 10.1. The van der Waals surface area contributed by atoms with Gasteiger partial charge in [0.2, 0.25) is 0 Å². The van der Waals surface area contributed by atoms with Crippen LogP contribution in [-0.4, -0.2) is 0 Å². The third-order valence-electron chi connectivity index (χ3n) is 3.07. The van der Waals surface area contributed by atoms with Crippen LogP contribution < -0.4 is 0 Å². The Bertz CT molecular complexity index is 156. The molecule has 0 aromatic rings. The molecule has 0 N–H and O–H groups in total. The average Bonchev–Trinajstić information content (AvgIpc) is 2.27. The predicted octanol–water partition coefficient (Wildman–Crippen LogP) is 5.40. The minimum absolute atomic E-state index is 1.30. The van der Waals surface area contributed by atoms with E-state index in [2.05, 4.69) is 24.3 Å². The van der Waals surface area contributed by atoms with Gasteiger partial charge in [-0.1, -0.05) is 43.6 Å². The predicted molar refractivity (Wildman–Crippen MR) is 69.1 cm³/mol. The van der Waals surface area contributed by atoms with Gasteiger partial charge in [-0.25, -0.2) is 0 Å². The lowest BCUT2D eigenvalue weighted by Crippen LogP contribution is -1.76. The van der Waals surface area contributed by atoms with Crippen LogP contribution >= 0.6 is 0 Å². The topological polar surface area (TPSA) is 0 Å². The Morgan fingerprint density at radius 3 is 0.933 bits per heavy atom. The Morgan fingerprint density at radius 2 is 0.600 bits per heavy atom. The molecule has 86 valence electrons. The average molecular weight is 206 g/mol.